The molecule has 136 valence electrons. The molecule has 0 radical (unpaired) electrons. The maximum absolute atomic E-state index is 13.5. The van der Waals surface area contributed by atoms with Crippen molar-refractivity contribution in [3.05, 3.63) is 70.5 Å². The van der Waals surface area contributed by atoms with Crippen LogP contribution in [0.4, 0.5) is 4.39 Å². The van der Waals surface area contributed by atoms with E-state index in [9.17, 15) is 14.0 Å². The normalized spacial score (nSPS) is 18.2. The Labute approximate surface area is 156 Å². The van der Waals surface area contributed by atoms with Crippen LogP contribution in [0.5, 0.6) is 0 Å². The van der Waals surface area contributed by atoms with Gasteiger partial charge in [-0.1, -0.05) is 41.9 Å². The number of rotatable bonds is 7. The van der Waals surface area contributed by atoms with Crippen LogP contribution in [0.15, 0.2) is 48.5 Å². The first kappa shape index (κ1) is 18.4. The smallest absolute Gasteiger partial charge is 0.224 e. The van der Waals surface area contributed by atoms with E-state index in [0.717, 1.165) is 5.56 Å². The maximum Gasteiger partial charge on any atom is 0.224 e. The van der Waals surface area contributed by atoms with Gasteiger partial charge in [0.05, 0.1) is 11.8 Å². The Morgan fingerprint density at radius 3 is 2.35 bits per heavy atom. The number of benzene rings is 2. The standard InChI is InChI=1S/C20H20ClFN2O2/c21-15-7-5-13(6-8-15)9-10-23-19(25)16-11-17(16)20(26)24-12-14-3-1-2-4-18(14)22/h1-8,16-17H,9-12H2,(H,23,25)(H,24,26). The highest BCUT2D eigenvalue weighted by Crippen LogP contribution is 2.38. The molecule has 2 N–H and O–H groups in total. The Hall–Kier alpha value is -2.40. The van der Waals surface area contributed by atoms with Gasteiger partial charge < -0.3 is 10.6 Å². The van der Waals surface area contributed by atoms with Gasteiger partial charge in [0.1, 0.15) is 5.82 Å². The van der Waals surface area contributed by atoms with E-state index in [1.165, 1.54) is 6.07 Å². The third-order valence-electron chi connectivity index (χ3n) is 4.50. The fourth-order valence-electron chi connectivity index (χ4n) is 2.84. The molecule has 1 saturated carbocycles. The number of amides is 2. The summed E-state index contributed by atoms with van der Waals surface area (Å²) in [5.41, 5.74) is 1.52. The summed E-state index contributed by atoms with van der Waals surface area (Å²) in [5.74, 6) is -1.27. The third kappa shape index (κ3) is 4.82. The van der Waals surface area contributed by atoms with Gasteiger partial charge in [-0.2, -0.15) is 0 Å². The molecule has 26 heavy (non-hydrogen) atoms. The Morgan fingerprint density at radius 2 is 1.65 bits per heavy atom. The van der Waals surface area contributed by atoms with Crippen molar-refractivity contribution >= 4 is 23.4 Å². The molecule has 1 fully saturated rings. The zero-order valence-electron chi connectivity index (χ0n) is 14.2. The molecule has 1 aliphatic rings. The van der Waals surface area contributed by atoms with Crippen molar-refractivity contribution in [1.82, 2.24) is 10.6 Å². The summed E-state index contributed by atoms with van der Waals surface area (Å²) in [5, 5.41) is 6.25. The predicted molar refractivity (Wildman–Crippen MR) is 98.0 cm³/mol. The van der Waals surface area contributed by atoms with Crippen LogP contribution in [0.1, 0.15) is 17.5 Å². The van der Waals surface area contributed by atoms with Gasteiger partial charge in [0.25, 0.3) is 0 Å². The Morgan fingerprint density at radius 1 is 1.00 bits per heavy atom. The van der Waals surface area contributed by atoms with Crippen LogP contribution in [0.3, 0.4) is 0 Å². The summed E-state index contributed by atoms with van der Waals surface area (Å²) < 4.78 is 13.5. The van der Waals surface area contributed by atoms with Gasteiger partial charge >= 0.3 is 0 Å². The van der Waals surface area contributed by atoms with Crippen molar-refractivity contribution in [3.8, 4) is 0 Å². The second-order valence-corrected chi connectivity index (χ2v) is 6.86. The number of carbonyl (C=O) groups is 2. The molecule has 2 unspecified atom stereocenters. The van der Waals surface area contributed by atoms with E-state index in [0.29, 0.717) is 30.0 Å². The molecule has 0 spiro atoms. The quantitative estimate of drug-likeness (QED) is 0.782. The number of nitrogens with one attached hydrogen (secondary N) is 2. The molecular formula is C20H20ClFN2O2. The van der Waals surface area contributed by atoms with Crippen LogP contribution >= 0.6 is 11.6 Å². The molecule has 3 rings (SSSR count). The molecule has 0 heterocycles. The van der Waals surface area contributed by atoms with Gasteiger partial charge in [0.2, 0.25) is 11.8 Å². The summed E-state index contributed by atoms with van der Waals surface area (Å²) in [7, 11) is 0. The van der Waals surface area contributed by atoms with Gasteiger partial charge in [-0.3, -0.25) is 9.59 Å². The van der Waals surface area contributed by atoms with Gasteiger partial charge in [0.15, 0.2) is 0 Å². The number of carbonyl (C=O) groups excluding carboxylic acids is 2. The summed E-state index contributed by atoms with van der Waals surface area (Å²) in [4.78, 5) is 24.2. The maximum atomic E-state index is 13.5. The minimum absolute atomic E-state index is 0.106. The first-order valence-corrected chi connectivity index (χ1v) is 8.95. The molecule has 2 aromatic carbocycles. The summed E-state index contributed by atoms with van der Waals surface area (Å²) in [6.45, 7) is 0.646. The Bertz CT molecular complexity index is 795. The van der Waals surface area contributed by atoms with Crippen LogP contribution in [-0.4, -0.2) is 18.4 Å². The van der Waals surface area contributed by atoms with Crippen LogP contribution in [0.25, 0.3) is 0 Å². The molecule has 0 saturated heterocycles. The highest BCUT2D eigenvalue weighted by molar-refractivity contribution is 6.30. The molecule has 2 amide bonds. The predicted octanol–water partition coefficient (Wildman–Crippen LogP) is 3.09. The highest BCUT2D eigenvalue weighted by atomic mass is 35.5. The fraction of sp³-hybridized carbons (Fsp3) is 0.300. The minimum atomic E-state index is -0.347. The van der Waals surface area contributed by atoms with E-state index in [1.807, 2.05) is 24.3 Å². The van der Waals surface area contributed by atoms with Crippen LogP contribution < -0.4 is 10.6 Å². The first-order valence-electron chi connectivity index (χ1n) is 8.58. The molecule has 1 aliphatic carbocycles. The van der Waals surface area contributed by atoms with E-state index in [1.54, 1.807) is 18.2 Å². The molecule has 2 aromatic rings. The van der Waals surface area contributed by atoms with Gasteiger partial charge in [-0.15, -0.1) is 0 Å². The van der Waals surface area contributed by atoms with Gasteiger partial charge in [-0.05, 0) is 36.6 Å². The van der Waals surface area contributed by atoms with Crippen LogP contribution in [-0.2, 0) is 22.6 Å². The number of hydrogen-bond acceptors (Lipinski definition) is 2. The Kier molecular flexibility index (Phi) is 5.89. The summed E-state index contributed by atoms with van der Waals surface area (Å²) in [6, 6.07) is 13.8. The third-order valence-corrected chi connectivity index (χ3v) is 4.75. The first-order chi connectivity index (χ1) is 12.5. The van der Waals surface area contributed by atoms with E-state index >= 15 is 0 Å². The van der Waals surface area contributed by atoms with Crippen LogP contribution in [0, 0.1) is 17.7 Å². The minimum Gasteiger partial charge on any atom is -0.356 e. The van der Waals surface area contributed by atoms with Crippen LogP contribution in [0.2, 0.25) is 5.02 Å². The molecule has 4 nitrogen and oxygen atoms in total. The SMILES string of the molecule is O=C(NCCc1ccc(Cl)cc1)C1CC1C(=O)NCc1ccccc1F. The molecular weight excluding hydrogens is 355 g/mol. The van der Waals surface area contributed by atoms with E-state index in [4.69, 9.17) is 11.6 Å². The summed E-state index contributed by atoms with van der Waals surface area (Å²) in [6.07, 6.45) is 1.25. The molecule has 6 heteroatoms. The molecule has 2 atom stereocenters. The monoisotopic (exact) mass is 374 g/mol. The lowest BCUT2D eigenvalue weighted by atomic mass is 10.1. The van der Waals surface area contributed by atoms with Crippen molar-refractivity contribution in [2.24, 2.45) is 11.8 Å². The molecule has 0 aliphatic heterocycles. The number of halogens is 2. The van der Waals surface area contributed by atoms with Gasteiger partial charge in [-0.25, -0.2) is 4.39 Å². The topological polar surface area (TPSA) is 58.2 Å². The van der Waals surface area contributed by atoms with Crippen molar-refractivity contribution in [3.63, 3.8) is 0 Å². The second-order valence-electron chi connectivity index (χ2n) is 6.43. The lowest BCUT2D eigenvalue weighted by Crippen LogP contribution is -2.31. The average molecular weight is 375 g/mol. The van der Waals surface area contributed by atoms with Crippen molar-refractivity contribution < 1.29 is 14.0 Å². The zero-order valence-corrected chi connectivity index (χ0v) is 14.9. The van der Waals surface area contributed by atoms with E-state index in [2.05, 4.69) is 10.6 Å². The zero-order chi connectivity index (χ0) is 18.5. The summed E-state index contributed by atoms with van der Waals surface area (Å²) >= 11 is 5.84. The largest absolute Gasteiger partial charge is 0.356 e. The number of hydrogen-bond donors (Lipinski definition) is 2. The van der Waals surface area contributed by atoms with Crippen molar-refractivity contribution in [2.45, 2.75) is 19.4 Å². The molecule has 0 bridgehead atoms. The van der Waals surface area contributed by atoms with Crippen molar-refractivity contribution in [2.75, 3.05) is 6.54 Å². The Balaban J connectivity index is 1.38. The lowest BCUT2D eigenvalue weighted by Gasteiger charge is -2.07. The van der Waals surface area contributed by atoms with Crippen molar-refractivity contribution in [1.29, 1.82) is 0 Å². The van der Waals surface area contributed by atoms with E-state index < -0.39 is 0 Å². The molecule has 0 aromatic heterocycles. The second kappa shape index (κ2) is 8.32. The van der Waals surface area contributed by atoms with E-state index in [-0.39, 0.29) is 36.0 Å². The lowest BCUT2D eigenvalue weighted by molar-refractivity contribution is -0.127. The average Bonchev–Trinajstić information content (AvgIpc) is 3.43. The van der Waals surface area contributed by atoms with Gasteiger partial charge in [0, 0.05) is 23.7 Å². The fourth-order valence-corrected chi connectivity index (χ4v) is 2.97. The highest BCUT2D eigenvalue weighted by Gasteiger charge is 2.47.